The van der Waals surface area contributed by atoms with Crippen LogP contribution in [0.3, 0.4) is 0 Å². The van der Waals surface area contributed by atoms with Crippen molar-refractivity contribution < 1.29 is 27.5 Å². The maximum absolute atomic E-state index is 13.6. The second-order valence-electron chi connectivity index (χ2n) is 15.8. The van der Waals surface area contributed by atoms with Gasteiger partial charge in [-0.1, -0.05) is 89.2 Å². The lowest BCUT2D eigenvalue weighted by molar-refractivity contribution is -0.125. The van der Waals surface area contributed by atoms with Gasteiger partial charge in [0.05, 0.1) is 23.5 Å². The molecule has 3 aliphatic carbocycles. The molecule has 0 aromatic carbocycles. The Hall–Kier alpha value is -1.30. The van der Waals surface area contributed by atoms with E-state index in [4.69, 9.17) is 22.8 Å². The summed E-state index contributed by atoms with van der Waals surface area (Å²) in [6.07, 6.45) is 5.64. The first-order valence-electron chi connectivity index (χ1n) is 19.2. The molecule has 2 bridgehead atoms. The molecule has 1 spiro atoms. The van der Waals surface area contributed by atoms with E-state index in [1.54, 1.807) is 0 Å². The van der Waals surface area contributed by atoms with Crippen molar-refractivity contribution in [3.05, 3.63) is 34.8 Å². The van der Waals surface area contributed by atoms with Crippen LogP contribution >= 0.6 is 0 Å². The van der Waals surface area contributed by atoms with E-state index in [0.717, 1.165) is 78.8 Å². The van der Waals surface area contributed by atoms with Crippen LogP contribution in [0.2, 0.25) is 54.4 Å². The third kappa shape index (κ3) is 6.20. The molecule has 5 atom stereocenters. The fraction of sp³-hybridized carbons (Fsp3) is 0.816. The van der Waals surface area contributed by atoms with Gasteiger partial charge in [-0.2, -0.15) is 0 Å². The monoisotopic (exact) mass is 704 g/mol. The van der Waals surface area contributed by atoms with Gasteiger partial charge >= 0.3 is 6.16 Å². The molecule has 1 saturated heterocycles. The van der Waals surface area contributed by atoms with Gasteiger partial charge in [0, 0.05) is 29.2 Å². The summed E-state index contributed by atoms with van der Waals surface area (Å²) in [5.74, 6) is 1.90. The normalized spacial score (nSPS) is 32.2. The molecular weight excluding hydrogens is 637 g/mol. The number of ether oxygens (including phenoxy) is 2. The number of hydrogen-bond acceptors (Lipinski definition) is 6. The molecule has 1 aliphatic heterocycles. The van der Waals surface area contributed by atoms with Crippen LogP contribution in [-0.4, -0.2) is 48.9 Å². The smallest absolute Gasteiger partial charge is 0.509 e. The molecule has 1 fully saturated rings. The summed E-state index contributed by atoms with van der Waals surface area (Å²) in [5.41, 5.74) is 0.587. The van der Waals surface area contributed by atoms with E-state index in [9.17, 15) is 4.79 Å². The van der Waals surface area contributed by atoms with Crippen LogP contribution in [0.15, 0.2) is 34.8 Å². The number of carbonyl (C=O) groups is 1. The van der Waals surface area contributed by atoms with Gasteiger partial charge in [-0.25, -0.2) is 4.79 Å². The zero-order chi connectivity index (χ0) is 35.1. The van der Waals surface area contributed by atoms with Crippen molar-refractivity contribution in [3.8, 4) is 0 Å². The molecule has 6 nitrogen and oxygen atoms in total. The molecule has 0 aromatic rings. The fourth-order valence-corrected chi connectivity index (χ4v) is 18.0. The summed E-state index contributed by atoms with van der Waals surface area (Å²) in [6.45, 7) is 29.9. The van der Waals surface area contributed by atoms with Crippen molar-refractivity contribution in [2.75, 3.05) is 0 Å². The minimum atomic E-state index is -2.09. The molecule has 4 aliphatic rings. The van der Waals surface area contributed by atoms with E-state index in [2.05, 4.69) is 102 Å². The third-order valence-corrected chi connectivity index (χ3v) is 27.7. The van der Waals surface area contributed by atoms with E-state index in [1.165, 1.54) is 11.1 Å². The molecule has 4 rings (SSSR count). The zero-order valence-electron chi connectivity index (χ0n) is 32.3. The van der Waals surface area contributed by atoms with Crippen molar-refractivity contribution >= 4 is 31.1 Å². The Labute approximate surface area is 290 Å². The summed E-state index contributed by atoms with van der Waals surface area (Å²) in [5, 5.41) is 0. The van der Waals surface area contributed by atoms with Gasteiger partial charge < -0.3 is 22.8 Å². The van der Waals surface area contributed by atoms with Crippen LogP contribution in [-0.2, 0) is 22.8 Å². The largest absolute Gasteiger partial charge is 0.546 e. The maximum Gasteiger partial charge on any atom is 0.509 e. The number of hydrogen-bond donors (Lipinski definition) is 0. The average Bonchev–Trinajstić information content (AvgIpc) is 3.40. The second kappa shape index (κ2) is 14.1. The summed E-state index contributed by atoms with van der Waals surface area (Å²) in [4.78, 5) is 13.6. The van der Waals surface area contributed by atoms with Crippen LogP contribution in [0.5, 0.6) is 0 Å². The van der Waals surface area contributed by atoms with E-state index < -0.39 is 53.6 Å². The van der Waals surface area contributed by atoms with Gasteiger partial charge in [-0.15, -0.1) is 0 Å². The Balaban J connectivity index is 2.08. The second-order valence-corrected chi connectivity index (χ2v) is 29.9. The molecule has 0 unspecified atom stereocenters. The number of allylic oxidation sites excluding steroid dienone is 2. The minimum Gasteiger partial charge on any atom is -0.546 e. The van der Waals surface area contributed by atoms with Gasteiger partial charge in [0.2, 0.25) is 16.6 Å². The molecule has 0 aromatic heterocycles. The molecule has 0 amide bonds. The Bertz CT molecular complexity index is 1220. The Morgan fingerprint density at radius 1 is 0.766 bits per heavy atom. The molecule has 268 valence electrons. The van der Waals surface area contributed by atoms with Gasteiger partial charge in [-0.3, -0.25) is 0 Å². The highest BCUT2D eigenvalue weighted by Gasteiger charge is 2.70. The highest BCUT2D eigenvalue weighted by Crippen LogP contribution is 2.64. The number of rotatable bonds is 15. The van der Waals surface area contributed by atoms with Crippen molar-refractivity contribution in [2.24, 2.45) is 16.7 Å². The lowest BCUT2D eigenvalue weighted by atomic mass is 9.51. The van der Waals surface area contributed by atoms with Crippen molar-refractivity contribution in [2.45, 2.75) is 181 Å². The van der Waals surface area contributed by atoms with Gasteiger partial charge in [0.15, 0.2) is 20.0 Å². The maximum atomic E-state index is 13.6. The molecular formula is C38H68O6Si3. The van der Waals surface area contributed by atoms with Crippen molar-refractivity contribution in [1.82, 2.24) is 0 Å². The highest BCUT2D eigenvalue weighted by molar-refractivity contribution is 6.74. The lowest BCUT2D eigenvalue weighted by Crippen LogP contribution is -2.64. The van der Waals surface area contributed by atoms with E-state index in [-0.39, 0.29) is 12.0 Å². The van der Waals surface area contributed by atoms with E-state index >= 15 is 0 Å². The first kappa shape index (κ1) is 38.5. The average molecular weight is 705 g/mol. The Morgan fingerprint density at radius 2 is 1.28 bits per heavy atom. The third-order valence-electron chi connectivity index (χ3n) is 14.0. The van der Waals surface area contributed by atoms with Crippen molar-refractivity contribution in [1.29, 1.82) is 0 Å². The predicted octanol–water partition coefficient (Wildman–Crippen LogP) is 11.6. The minimum absolute atomic E-state index is 0.0463. The van der Waals surface area contributed by atoms with Crippen LogP contribution in [0.1, 0.15) is 109 Å². The quantitative estimate of drug-likeness (QED) is 0.125. The van der Waals surface area contributed by atoms with Crippen LogP contribution in [0.25, 0.3) is 0 Å². The number of fused-ring (bicyclic) bond motifs is 3. The summed E-state index contributed by atoms with van der Waals surface area (Å²) in [7, 11) is -6.18. The first-order chi connectivity index (χ1) is 22.1. The van der Waals surface area contributed by atoms with Gasteiger partial charge in [-0.05, 0) is 79.4 Å². The van der Waals surface area contributed by atoms with E-state index in [1.807, 2.05) is 0 Å². The first-order valence-corrected chi connectivity index (χ1v) is 26.8. The summed E-state index contributed by atoms with van der Waals surface area (Å²) >= 11 is 0. The number of carbonyl (C=O) groups excluding carboxylic acids is 1. The Morgan fingerprint density at radius 3 is 1.79 bits per heavy atom. The topological polar surface area (TPSA) is 63.2 Å². The molecule has 9 heteroatoms. The van der Waals surface area contributed by atoms with E-state index in [0.29, 0.717) is 6.42 Å². The SMILES string of the molecule is CC[Si](CC)(CC)OC1=CC[C@H](O[Si](CC)(CC)CC)[C@@]2(C)C/C(O[Si](CC)(CC)CC)=C3/C(C)=CC[C@]4(OC(=O)O[C@H]4[C@H]12)C3(C)C. The highest BCUT2D eigenvalue weighted by atomic mass is 28.4. The lowest BCUT2D eigenvalue weighted by Gasteiger charge is -2.58. The molecule has 47 heavy (non-hydrogen) atoms. The van der Waals surface area contributed by atoms with Gasteiger partial charge in [0.1, 0.15) is 0 Å². The molecule has 0 radical (unpaired) electrons. The molecule has 1 heterocycles. The van der Waals surface area contributed by atoms with Crippen molar-refractivity contribution in [3.63, 3.8) is 0 Å². The fourth-order valence-electron chi connectivity index (χ4n) is 9.76. The zero-order valence-corrected chi connectivity index (χ0v) is 35.3. The predicted molar refractivity (Wildman–Crippen MR) is 201 cm³/mol. The summed E-state index contributed by atoms with van der Waals surface area (Å²) in [6, 6.07) is 9.60. The molecule has 0 saturated carbocycles. The van der Waals surface area contributed by atoms with Gasteiger partial charge in [0.25, 0.3) is 0 Å². The standard InChI is InChI=1S/C38H68O6Si3/c1-14-45(15-2,16-3)42-29-23-24-31(44-47(20-7,21-8)22-9)37(13)27-30(43-46(17-4,18-5)19-6)32-28(10)25-26-38(36(32,11)12)34(33(29)37)40-35(39)41-38/h23,25,31,33-34H,14-22,24,26-27H2,1-13H3/b32-30+/t31-,33-,34-,37+,38+/m0/s1. The molecule has 0 N–H and O–H groups in total. The Kier molecular flexibility index (Phi) is 11.6. The van der Waals surface area contributed by atoms with Crippen LogP contribution in [0, 0.1) is 16.7 Å². The summed E-state index contributed by atoms with van der Waals surface area (Å²) < 4.78 is 35.6. The van der Waals surface area contributed by atoms with Crippen LogP contribution in [0.4, 0.5) is 4.79 Å². The van der Waals surface area contributed by atoms with Crippen LogP contribution < -0.4 is 0 Å².